The van der Waals surface area contributed by atoms with Crippen LogP contribution in [0.2, 0.25) is 0 Å². The summed E-state index contributed by atoms with van der Waals surface area (Å²) < 4.78 is 13.9. The number of esters is 2. The van der Waals surface area contributed by atoms with Gasteiger partial charge in [-0.15, -0.1) is 10.2 Å². The minimum Gasteiger partial charge on any atom is -0.478 e. The van der Waals surface area contributed by atoms with Gasteiger partial charge >= 0.3 is 17.9 Å². The highest BCUT2D eigenvalue weighted by molar-refractivity contribution is 5.96. The summed E-state index contributed by atoms with van der Waals surface area (Å²) in [5.41, 5.74) is 3.22. The van der Waals surface area contributed by atoms with Gasteiger partial charge in [0.1, 0.15) is 11.3 Å². The molecule has 6 rings (SSSR count). The Morgan fingerprint density at radius 3 is 1.94 bits per heavy atom. The molecule has 2 saturated carbocycles. The quantitative estimate of drug-likeness (QED) is 0.180. The minimum absolute atomic E-state index is 0.0209. The molecule has 0 bridgehead atoms. The molecular formula is C38H44N4O6. The van der Waals surface area contributed by atoms with Crippen LogP contribution in [0.4, 0.5) is 0 Å². The Morgan fingerprint density at radius 1 is 0.792 bits per heavy atom. The van der Waals surface area contributed by atoms with Gasteiger partial charge in [0.15, 0.2) is 5.52 Å². The van der Waals surface area contributed by atoms with E-state index in [1.807, 2.05) is 34.9 Å². The lowest BCUT2D eigenvalue weighted by atomic mass is 9.89. The lowest BCUT2D eigenvalue weighted by Crippen LogP contribution is -2.24. The van der Waals surface area contributed by atoms with E-state index in [-0.39, 0.29) is 46.5 Å². The molecule has 2 aromatic carbocycles. The van der Waals surface area contributed by atoms with E-state index in [0.717, 1.165) is 81.2 Å². The number of fused-ring (bicyclic) bond motifs is 1. The van der Waals surface area contributed by atoms with Gasteiger partial charge in [-0.1, -0.05) is 102 Å². The van der Waals surface area contributed by atoms with Crippen LogP contribution in [0, 0.1) is 17.3 Å². The van der Waals surface area contributed by atoms with Gasteiger partial charge in [-0.05, 0) is 53.9 Å². The van der Waals surface area contributed by atoms with E-state index in [1.165, 1.54) is 0 Å². The molecule has 1 N–H and O–H groups in total. The number of aromatic carboxylic acids is 1. The second-order valence-electron chi connectivity index (χ2n) is 14.4. The SMILES string of the molecule is CC(C)(C)Cc1nc2c(OC(=O)C3CCCCC3)nnc(OC(=O)C3CCCCC3)c2n1Cc1ccc(-c2ccccc2C(=O)O)cc1. The summed E-state index contributed by atoms with van der Waals surface area (Å²) >= 11 is 0. The molecule has 2 aliphatic carbocycles. The second-order valence-corrected chi connectivity index (χ2v) is 14.4. The lowest BCUT2D eigenvalue weighted by Gasteiger charge is -2.21. The lowest BCUT2D eigenvalue weighted by molar-refractivity contribution is -0.141. The molecule has 0 aliphatic heterocycles. The van der Waals surface area contributed by atoms with Crippen LogP contribution >= 0.6 is 0 Å². The molecule has 0 radical (unpaired) electrons. The first-order valence-electron chi connectivity index (χ1n) is 17.2. The van der Waals surface area contributed by atoms with Crippen molar-refractivity contribution in [1.29, 1.82) is 0 Å². The molecule has 10 nitrogen and oxygen atoms in total. The summed E-state index contributed by atoms with van der Waals surface area (Å²) in [4.78, 5) is 43.5. The van der Waals surface area contributed by atoms with E-state index in [4.69, 9.17) is 14.5 Å². The number of hydrogen-bond donors (Lipinski definition) is 1. The summed E-state index contributed by atoms with van der Waals surface area (Å²) in [7, 11) is 0. The summed E-state index contributed by atoms with van der Waals surface area (Å²) in [5, 5.41) is 18.3. The first-order chi connectivity index (χ1) is 23.1. The van der Waals surface area contributed by atoms with Gasteiger partial charge in [0.05, 0.1) is 17.4 Å². The van der Waals surface area contributed by atoms with Gasteiger partial charge in [-0.2, -0.15) is 0 Å². The number of nitrogens with zero attached hydrogens (tertiary/aromatic N) is 4. The van der Waals surface area contributed by atoms with Crippen molar-refractivity contribution in [3.8, 4) is 22.9 Å². The zero-order valence-electron chi connectivity index (χ0n) is 28.0. The van der Waals surface area contributed by atoms with Crippen molar-refractivity contribution in [3.63, 3.8) is 0 Å². The zero-order valence-corrected chi connectivity index (χ0v) is 28.0. The third kappa shape index (κ3) is 7.58. The first-order valence-corrected chi connectivity index (χ1v) is 17.2. The monoisotopic (exact) mass is 652 g/mol. The maximum atomic E-state index is 13.4. The highest BCUT2D eigenvalue weighted by atomic mass is 16.6. The zero-order chi connectivity index (χ0) is 33.8. The van der Waals surface area contributed by atoms with E-state index in [9.17, 15) is 19.5 Å². The van der Waals surface area contributed by atoms with E-state index >= 15 is 0 Å². The van der Waals surface area contributed by atoms with Gasteiger partial charge in [-0.3, -0.25) is 9.59 Å². The summed E-state index contributed by atoms with van der Waals surface area (Å²) in [6, 6.07) is 14.6. The fourth-order valence-electron chi connectivity index (χ4n) is 6.90. The number of ether oxygens (including phenoxy) is 2. The van der Waals surface area contributed by atoms with Crippen molar-refractivity contribution in [2.75, 3.05) is 0 Å². The molecule has 2 fully saturated rings. The molecular weight excluding hydrogens is 608 g/mol. The predicted octanol–water partition coefficient (Wildman–Crippen LogP) is 7.80. The smallest absolute Gasteiger partial charge is 0.336 e. The van der Waals surface area contributed by atoms with Crippen LogP contribution < -0.4 is 9.47 Å². The molecule has 48 heavy (non-hydrogen) atoms. The van der Waals surface area contributed by atoms with Crippen LogP contribution in [-0.2, 0) is 22.6 Å². The Bertz CT molecular complexity index is 1790. The van der Waals surface area contributed by atoms with Crippen LogP contribution in [0.25, 0.3) is 22.2 Å². The van der Waals surface area contributed by atoms with Crippen LogP contribution in [-0.4, -0.2) is 42.8 Å². The number of benzene rings is 2. The fourth-order valence-corrected chi connectivity index (χ4v) is 6.90. The van der Waals surface area contributed by atoms with Crippen LogP contribution in [0.5, 0.6) is 11.8 Å². The fraction of sp³-hybridized carbons (Fsp3) is 0.474. The first kappa shape index (κ1) is 33.3. The number of aromatic nitrogens is 4. The van der Waals surface area contributed by atoms with Gasteiger partial charge in [0.2, 0.25) is 0 Å². The summed E-state index contributed by atoms with van der Waals surface area (Å²) in [6.45, 7) is 6.72. The number of carbonyl (C=O) groups is 3. The van der Waals surface area contributed by atoms with Gasteiger partial charge in [0.25, 0.3) is 11.8 Å². The topological polar surface area (TPSA) is 134 Å². The number of rotatable bonds is 9. The molecule has 252 valence electrons. The van der Waals surface area contributed by atoms with Crippen molar-refractivity contribution in [1.82, 2.24) is 19.7 Å². The third-order valence-corrected chi connectivity index (χ3v) is 9.41. The molecule has 0 atom stereocenters. The minimum atomic E-state index is -0.984. The number of imidazole rings is 1. The number of carboxylic acids is 1. The molecule has 2 aromatic heterocycles. The van der Waals surface area contributed by atoms with Crippen LogP contribution in [0.3, 0.4) is 0 Å². The van der Waals surface area contributed by atoms with Crippen molar-refractivity contribution >= 4 is 28.9 Å². The molecule has 2 aliphatic rings. The molecule has 10 heteroatoms. The van der Waals surface area contributed by atoms with Crippen LogP contribution in [0.15, 0.2) is 48.5 Å². The van der Waals surface area contributed by atoms with Crippen molar-refractivity contribution < 1.29 is 29.0 Å². The normalized spacial score (nSPS) is 16.1. The average molecular weight is 653 g/mol. The van der Waals surface area contributed by atoms with Crippen molar-refractivity contribution in [3.05, 3.63) is 65.5 Å². The number of carbonyl (C=O) groups excluding carboxylic acids is 2. The molecule has 2 heterocycles. The highest BCUT2D eigenvalue weighted by Crippen LogP contribution is 2.36. The van der Waals surface area contributed by atoms with Crippen LogP contribution in [0.1, 0.15) is 107 Å². The summed E-state index contributed by atoms with van der Waals surface area (Å²) in [5.74, 6) is -1.25. The van der Waals surface area contributed by atoms with Crippen molar-refractivity contribution in [2.45, 2.75) is 97.9 Å². The van der Waals surface area contributed by atoms with E-state index in [1.54, 1.807) is 18.2 Å². The molecule has 0 saturated heterocycles. The Balaban J connectivity index is 1.41. The largest absolute Gasteiger partial charge is 0.478 e. The standard InChI is InChI=1S/C38H44N4O6/c1-38(2,3)22-30-39-31-32(42(30)23-24-18-20-25(21-19-24)28-16-10-11-17-29(28)35(43)44)34(48-37(46)27-14-8-5-9-15-27)41-40-33(31)47-36(45)26-12-6-4-7-13-26/h10-11,16-21,26-27H,4-9,12-15,22-23H2,1-3H3,(H,43,44). The maximum Gasteiger partial charge on any atom is 0.336 e. The molecule has 0 amide bonds. The number of hydrogen-bond acceptors (Lipinski definition) is 8. The summed E-state index contributed by atoms with van der Waals surface area (Å²) in [6.07, 6.45) is 9.86. The maximum absolute atomic E-state index is 13.4. The van der Waals surface area contributed by atoms with Gasteiger partial charge < -0.3 is 19.1 Å². The molecule has 0 spiro atoms. The van der Waals surface area contributed by atoms with E-state index in [2.05, 4.69) is 31.0 Å². The third-order valence-electron chi connectivity index (χ3n) is 9.41. The molecule has 0 unspecified atom stereocenters. The van der Waals surface area contributed by atoms with E-state index < -0.39 is 5.97 Å². The Kier molecular flexibility index (Phi) is 9.89. The molecule has 4 aromatic rings. The Labute approximate surface area is 280 Å². The Morgan fingerprint density at radius 2 is 1.35 bits per heavy atom. The second kappa shape index (κ2) is 14.3. The number of carboxylic acid groups (broad SMARTS) is 1. The van der Waals surface area contributed by atoms with Crippen molar-refractivity contribution in [2.24, 2.45) is 17.3 Å². The van der Waals surface area contributed by atoms with E-state index in [0.29, 0.717) is 29.6 Å². The Hall–Kier alpha value is -4.60. The average Bonchev–Trinajstić information content (AvgIpc) is 3.43. The van der Waals surface area contributed by atoms with Gasteiger partial charge in [0, 0.05) is 13.0 Å². The van der Waals surface area contributed by atoms with Gasteiger partial charge in [-0.25, -0.2) is 9.78 Å². The predicted molar refractivity (Wildman–Crippen MR) is 181 cm³/mol. The highest BCUT2D eigenvalue weighted by Gasteiger charge is 2.31.